The predicted octanol–water partition coefficient (Wildman–Crippen LogP) is 1.70. The highest BCUT2D eigenvalue weighted by Gasteiger charge is 2.03. The summed E-state index contributed by atoms with van der Waals surface area (Å²) in [7, 11) is 0. The van der Waals surface area contributed by atoms with Gasteiger partial charge in [-0.1, -0.05) is 6.08 Å². The molecule has 0 radical (unpaired) electrons. The van der Waals surface area contributed by atoms with Crippen LogP contribution in [0.25, 0.3) is 0 Å². The lowest BCUT2D eigenvalue weighted by Gasteiger charge is -2.03. The van der Waals surface area contributed by atoms with Gasteiger partial charge in [0.05, 0.1) is 5.56 Å². The molecule has 0 spiro atoms. The first-order chi connectivity index (χ1) is 6.74. The van der Waals surface area contributed by atoms with Gasteiger partial charge in [0.1, 0.15) is 0 Å². The average molecular weight is 190 g/mol. The number of hydrogen-bond donors (Lipinski definition) is 1. The quantitative estimate of drug-likeness (QED) is 0.580. The normalized spacial score (nSPS) is 9.50. The van der Waals surface area contributed by atoms with Crippen molar-refractivity contribution in [1.29, 1.82) is 0 Å². The smallest absolute Gasteiger partial charge is 0.252 e. The summed E-state index contributed by atoms with van der Waals surface area (Å²) in [5.74, 6) is -0.0805. The van der Waals surface area contributed by atoms with Crippen molar-refractivity contribution in [1.82, 2.24) is 10.3 Å². The number of aryl methyl sites for hydroxylation is 1. The van der Waals surface area contributed by atoms with E-state index in [0.717, 1.165) is 12.0 Å². The highest BCUT2D eigenvalue weighted by molar-refractivity contribution is 5.93. The van der Waals surface area contributed by atoms with Crippen molar-refractivity contribution in [2.24, 2.45) is 0 Å². The molecular formula is C11H14N2O. The Labute approximate surface area is 83.9 Å². The summed E-state index contributed by atoms with van der Waals surface area (Å²) in [6.45, 7) is 6.11. The number of hydrogen-bond acceptors (Lipinski definition) is 2. The summed E-state index contributed by atoms with van der Waals surface area (Å²) >= 11 is 0. The van der Waals surface area contributed by atoms with Crippen molar-refractivity contribution >= 4 is 5.91 Å². The van der Waals surface area contributed by atoms with E-state index < -0.39 is 0 Å². The van der Waals surface area contributed by atoms with Gasteiger partial charge in [-0.05, 0) is 25.0 Å². The van der Waals surface area contributed by atoms with Crippen molar-refractivity contribution in [2.75, 3.05) is 6.54 Å². The average Bonchev–Trinajstić information content (AvgIpc) is 2.18. The van der Waals surface area contributed by atoms with Crippen molar-refractivity contribution in [2.45, 2.75) is 13.3 Å². The molecule has 3 nitrogen and oxygen atoms in total. The van der Waals surface area contributed by atoms with Crippen molar-refractivity contribution in [3.05, 3.63) is 42.2 Å². The van der Waals surface area contributed by atoms with Crippen LogP contribution in [0.4, 0.5) is 0 Å². The summed E-state index contributed by atoms with van der Waals surface area (Å²) in [5.41, 5.74) is 1.59. The first kappa shape index (κ1) is 10.4. The SMILES string of the molecule is C=CCCNC(=O)c1cncc(C)c1. The lowest BCUT2D eigenvalue weighted by Crippen LogP contribution is -2.24. The fourth-order valence-electron chi connectivity index (χ4n) is 1.07. The first-order valence-electron chi connectivity index (χ1n) is 4.55. The lowest BCUT2D eigenvalue weighted by atomic mass is 10.2. The maximum Gasteiger partial charge on any atom is 0.252 e. The van der Waals surface area contributed by atoms with Crippen LogP contribution in [0.1, 0.15) is 22.3 Å². The molecule has 74 valence electrons. The van der Waals surface area contributed by atoms with Crippen LogP contribution < -0.4 is 5.32 Å². The second-order valence-electron chi connectivity index (χ2n) is 3.08. The van der Waals surface area contributed by atoms with E-state index in [2.05, 4.69) is 16.9 Å². The fraction of sp³-hybridized carbons (Fsp3) is 0.273. The molecule has 14 heavy (non-hydrogen) atoms. The largest absolute Gasteiger partial charge is 0.352 e. The Morgan fingerprint density at radius 3 is 3.07 bits per heavy atom. The number of rotatable bonds is 4. The Hall–Kier alpha value is -1.64. The molecule has 0 aliphatic rings. The van der Waals surface area contributed by atoms with E-state index in [-0.39, 0.29) is 5.91 Å². The van der Waals surface area contributed by atoms with Crippen LogP contribution in [-0.4, -0.2) is 17.4 Å². The number of nitrogens with zero attached hydrogens (tertiary/aromatic N) is 1. The maximum absolute atomic E-state index is 11.5. The van der Waals surface area contributed by atoms with E-state index in [4.69, 9.17) is 0 Å². The molecule has 0 fully saturated rings. The molecule has 1 amide bonds. The molecule has 0 aliphatic carbocycles. The van der Waals surface area contributed by atoms with E-state index in [9.17, 15) is 4.79 Å². The number of aromatic nitrogens is 1. The number of pyridine rings is 1. The van der Waals surface area contributed by atoms with Crippen LogP contribution in [0.3, 0.4) is 0 Å². The van der Waals surface area contributed by atoms with Gasteiger partial charge in [-0.15, -0.1) is 6.58 Å². The molecule has 0 saturated carbocycles. The summed E-state index contributed by atoms with van der Waals surface area (Å²) < 4.78 is 0. The third-order valence-corrected chi connectivity index (χ3v) is 1.77. The minimum absolute atomic E-state index is 0.0805. The van der Waals surface area contributed by atoms with Crippen molar-refractivity contribution < 1.29 is 4.79 Å². The molecular weight excluding hydrogens is 176 g/mol. The highest BCUT2D eigenvalue weighted by Crippen LogP contribution is 2.00. The summed E-state index contributed by atoms with van der Waals surface area (Å²) in [4.78, 5) is 15.4. The zero-order chi connectivity index (χ0) is 10.4. The molecule has 0 aromatic carbocycles. The Kier molecular flexibility index (Phi) is 3.85. The van der Waals surface area contributed by atoms with Gasteiger partial charge >= 0.3 is 0 Å². The van der Waals surface area contributed by atoms with Crippen LogP contribution >= 0.6 is 0 Å². The molecule has 0 bridgehead atoms. The molecule has 0 aliphatic heterocycles. The minimum Gasteiger partial charge on any atom is -0.352 e. The second-order valence-corrected chi connectivity index (χ2v) is 3.08. The van der Waals surface area contributed by atoms with Crippen molar-refractivity contribution in [3.63, 3.8) is 0 Å². The van der Waals surface area contributed by atoms with Crippen LogP contribution in [0.15, 0.2) is 31.1 Å². The molecule has 1 rings (SSSR count). The molecule has 3 heteroatoms. The topological polar surface area (TPSA) is 42.0 Å². The van der Waals surface area contributed by atoms with Crippen LogP contribution in [0.2, 0.25) is 0 Å². The Morgan fingerprint density at radius 1 is 1.64 bits per heavy atom. The third kappa shape index (κ3) is 3.01. The standard InChI is InChI=1S/C11H14N2O/c1-3-4-5-13-11(14)10-6-9(2)7-12-8-10/h3,6-8H,1,4-5H2,2H3,(H,13,14). The Balaban J connectivity index is 2.56. The Morgan fingerprint density at radius 2 is 2.43 bits per heavy atom. The number of carbonyl (C=O) groups excluding carboxylic acids is 1. The second kappa shape index (κ2) is 5.17. The molecule has 0 saturated heterocycles. The third-order valence-electron chi connectivity index (χ3n) is 1.77. The summed E-state index contributed by atoms with van der Waals surface area (Å²) in [6, 6.07) is 1.82. The van der Waals surface area contributed by atoms with E-state index in [1.807, 2.05) is 13.0 Å². The number of amides is 1. The Bertz CT molecular complexity index is 334. The van der Waals surface area contributed by atoms with Gasteiger partial charge in [-0.2, -0.15) is 0 Å². The van der Waals surface area contributed by atoms with Gasteiger partial charge < -0.3 is 5.32 Å². The van der Waals surface area contributed by atoms with Gasteiger partial charge in [0, 0.05) is 18.9 Å². The van der Waals surface area contributed by atoms with Gasteiger partial charge in [0.25, 0.3) is 5.91 Å². The van der Waals surface area contributed by atoms with Gasteiger partial charge in [0.2, 0.25) is 0 Å². The van der Waals surface area contributed by atoms with E-state index in [0.29, 0.717) is 12.1 Å². The van der Waals surface area contributed by atoms with Gasteiger partial charge in [0.15, 0.2) is 0 Å². The molecule has 1 heterocycles. The molecule has 1 N–H and O–H groups in total. The predicted molar refractivity (Wildman–Crippen MR) is 56.1 cm³/mol. The monoisotopic (exact) mass is 190 g/mol. The lowest BCUT2D eigenvalue weighted by molar-refractivity contribution is 0.0954. The fourth-order valence-corrected chi connectivity index (χ4v) is 1.07. The summed E-state index contributed by atoms with van der Waals surface area (Å²) in [6.07, 6.45) is 5.84. The van der Waals surface area contributed by atoms with Crippen molar-refractivity contribution in [3.8, 4) is 0 Å². The molecule has 0 atom stereocenters. The minimum atomic E-state index is -0.0805. The number of nitrogens with one attached hydrogen (secondary N) is 1. The van der Waals surface area contributed by atoms with E-state index in [1.165, 1.54) is 0 Å². The molecule has 0 unspecified atom stereocenters. The van der Waals surface area contributed by atoms with Crippen LogP contribution in [-0.2, 0) is 0 Å². The summed E-state index contributed by atoms with van der Waals surface area (Å²) in [5, 5.41) is 2.78. The van der Waals surface area contributed by atoms with E-state index in [1.54, 1.807) is 18.5 Å². The maximum atomic E-state index is 11.5. The first-order valence-corrected chi connectivity index (χ1v) is 4.55. The zero-order valence-corrected chi connectivity index (χ0v) is 8.29. The van der Waals surface area contributed by atoms with Gasteiger partial charge in [-0.3, -0.25) is 9.78 Å². The zero-order valence-electron chi connectivity index (χ0n) is 8.29. The van der Waals surface area contributed by atoms with Crippen LogP contribution in [0.5, 0.6) is 0 Å². The van der Waals surface area contributed by atoms with Crippen LogP contribution in [0, 0.1) is 6.92 Å². The highest BCUT2D eigenvalue weighted by atomic mass is 16.1. The molecule has 1 aromatic heterocycles. The van der Waals surface area contributed by atoms with E-state index >= 15 is 0 Å². The molecule has 1 aromatic rings. The number of carbonyl (C=O) groups is 1. The van der Waals surface area contributed by atoms with Gasteiger partial charge in [-0.25, -0.2) is 0 Å².